The first-order valence-electron chi connectivity index (χ1n) is 6.67. The van der Waals surface area contributed by atoms with E-state index in [9.17, 15) is 18.9 Å². The van der Waals surface area contributed by atoms with Crippen LogP contribution in [0.5, 0.6) is 0 Å². The highest BCUT2D eigenvalue weighted by molar-refractivity contribution is 5.51. The summed E-state index contributed by atoms with van der Waals surface area (Å²) < 4.78 is 27.2. The Morgan fingerprint density at radius 2 is 1.80 bits per heavy atom. The number of piperidine rings is 1. The second kappa shape index (κ2) is 6.60. The summed E-state index contributed by atoms with van der Waals surface area (Å²) >= 11 is 0. The smallest absolute Gasteiger partial charge is 0.275 e. The van der Waals surface area contributed by atoms with Crippen LogP contribution in [0.1, 0.15) is 19.3 Å². The number of nitro benzene ring substituents is 1. The lowest BCUT2D eigenvalue weighted by Crippen LogP contribution is -2.33. The fraction of sp³-hybridized carbons (Fsp3) is 0.538. The van der Waals surface area contributed by atoms with Crippen molar-refractivity contribution in [3.05, 3.63) is 33.9 Å². The van der Waals surface area contributed by atoms with E-state index in [1.165, 1.54) is 6.42 Å². The topological polar surface area (TPSA) is 58.4 Å². The molecular weight excluding hydrogens is 268 g/mol. The molecular formula is C13H17F2N3O2. The van der Waals surface area contributed by atoms with E-state index in [1.54, 1.807) is 0 Å². The Hall–Kier alpha value is -1.76. The van der Waals surface area contributed by atoms with Gasteiger partial charge in [-0.3, -0.25) is 10.1 Å². The van der Waals surface area contributed by atoms with Crippen molar-refractivity contribution in [3.63, 3.8) is 0 Å². The SMILES string of the molecule is O=[N+]([O-])c1cc(F)c(NCCN2CCCCC2)c(F)c1. The number of halogens is 2. The quantitative estimate of drug-likeness (QED) is 0.667. The standard InChI is InChI=1S/C13H17F2N3O2/c14-11-8-10(18(19)20)9-12(15)13(11)16-4-7-17-5-2-1-3-6-17/h8-9,16H,1-7H2. The highest BCUT2D eigenvalue weighted by Crippen LogP contribution is 2.24. The highest BCUT2D eigenvalue weighted by Gasteiger charge is 2.17. The molecule has 20 heavy (non-hydrogen) atoms. The Morgan fingerprint density at radius 1 is 1.20 bits per heavy atom. The van der Waals surface area contributed by atoms with Crippen molar-refractivity contribution in [3.8, 4) is 0 Å². The third kappa shape index (κ3) is 3.63. The number of anilines is 1. The average Bonchev–Trinajstić information content (AvgIpc) is 2.42. The van der Waals surface area contributed by atoms with Gasteiger partial charge in [0.25, 0.3) is 5.69 Å². The van der Waals surface area contributed by atoms with Crippen LogP contribution in [-0.4, -0.2) is 36.0 Å². The van der Waals surface area contributed by atoms with E-state index in [0.29, 0.717) is 13.1 Å². The molecule has 1 heterocycles. The normalized spacial score (nSPS) is 16.1. The number of hydrogen-bond acceptors (Lipinski definition) is 4. The van der Waals surface area contributed by atoms with Crippen LogP contribution in [0.2, 0.25) is 0 Å². The molecule has 0 unspecified atom stereocenters. The fourth-order valence-electron chi connectivity index (χ4n) is 2.36. The van der Waals surface area contributed by atoms with Crippen LogP contribution in [0.15, 0.2) is 12.1 Å². The highest BCUT2D eigenvalue weighted by atomic mass is 19.1. The Labute approximate surface area is 115 Å². The molecule has 7 heteroatoms. The zero-order valence-corrected chi connectivity index (χ0v) is 11.1. The number of benzene rings is 1. The molecule has 2 rings (SSSR count). The van der Waals surface area contributed by atoms with Crippen molar-refractivity contribution in [1.29, 1.82) is 0 Å². The third-order valence-electron chi connectivity index (χ3n) is 3.42. The summed E-state index contributed by atoms with van der Waals surface area (Å²) in [6, 6.07) is 1.46. The molecule has 110 valence electrons. The molecule has 0 radical (unpaired) electrons. The minimum Gasteiger partial charge on any atom is -0.379 e. The summed E-state index contributed by atoms with van der Waals surface area (Å²) in [4.78, 5) is 11.9. The van der Waals surface area contributed by atoms with Crippen LogP contribution in [-0.2, 0) is 0 Å². The molecule has 0 amide bonds. The molecule has 0 aliphatic carbocycles. The molecule has 1 fully saturated rings. The lowest BCUT2D eigenvalue weighted by atomic mass is 10.1. The molecule has 1 saturated heterocycles. The van der Waals surface area contributed by atoms with Gasteiger partial charge < -0.3 is 10.2 Å². The van der Waals surface area contributed by atoms with Crippen molar-refractivity contribution in [2.75, 3.05) is 31.5 Å². The number of hydrogen-bond donors (Lipinski definition) is 1. The van der Waals surface area contributed by atoms with Gasteiger partial charge in [-0.1, -0.05) is 6.42 Å². The first-order chi connectivity index (χ1) is 9.58. The maximum Gasteiger partial charge on any atom is 0.275 e. The molecule has 0 saturated carbocycles. The third-order valence-corrected chi connectivity index (χ3v) is 3.42. The molecule has 0 bridgehead atoms. The number of rotatable bonds is 5. The molecule has 0 atom stereocenters. The summed E-state index contributed by atoms with van der Waals surface area (Å²) in [6.07, 6.45) is 3.54. The number of nitrogens with one attached hydrogen (secondary N) is 1. The molecule has 5 nitrogen and oxygen atoms in total. The second-order valence-corrected chi connectivity index (χ2v) is 4.87. The van der Waals surface area contributed by atoms with E-state index in [0.717, 1.165) is 38.1 Å². The molecule has 1 aliphatic rings. The molecule has 1 aromatic carbocycles. The number of non-ortho nitro benzene ring substituents is 1. The minimum absolute atomic E-state index is 0.299. The van der Waals surface area contributed by atoms with E-state index < -0.39 is 22.2 Å². The zero-order valence-electron chi connectivity index (χ0n) is 11.1. The number of likely N-dealkylation sites (tertiary alicyclic amines) is 1. The Bertz CT molecular complexity index is 467. The fourth-order valence-corrected chi connectivity index (χ4v) is 2.36. The average molecular weight is 285 g/mol. The lowest BCUT2D eigenvalue weighted by molar-refractivity contribution is -0.385. The monoisotopic (exact) mass is 285 g/mol. The van der Waals surface area contributed by atoms with Gasteiger partial charge in [0.2, 0.25) is 0 Å². The number of nitro groups is 1. The van der Waals surface area contributed by atoms with Crippen molar-refractivity contribution >= 4 is 11.4 Å². The van der Waals surface area contributed by atoms with Crippen LogP contribution < -0.4 is 5.32 Å². The molecule has 0 spiro atoms. The van der Waals surface area contributed by atoms with Gasteiger partial charge in [-0.2, -0.15) is 0 Å². The maximum atomic E-state index is 13.6. The van der Waals surface area contributed by atoms with Gasteiger partial charge in [-0.05, 0) is 25.9 Å². The van der Waals surface area contributed by atoms with Gasteiger partial charge in [0.1, 0.15) is 5.69 Å². The van der Waals surface area contributed by atoms with E-state index in [-0.39, 0.29) is 5.69 Å². The van der Waals surface area contributed by atoms with Crippen LogP contribution in [0.4, 0.5) is 20.2 Å². The van der Waals surface area contributed by atoms with Gasteiger partial charge in [0.15, 0.2) is 11.6 Å². The van der Waals surface area contributed by atoms with Crippen molar-refractivity contribution in [2.24, 2.45) is 0 Å². The van der Waals surface area contributed by atoms with Gasteiger partial charge in [-0.25, -0.2) is 8.78 Å². The van der Waals surface area contributed by atoms with Gasteiger partial charge >= 0.3 is 0 Å². The molecule has 1 N–H and O–H groups in total. The Balaban J connectivity index is 1.93. The largest absolute Gasteiger partial charge is 0.379 e. The summed E-state index contributed by atoms with van der Waals surface area (Å²) in [5.74, 6) is -1.87. The van der Waals surface area contributed by atoms with Crippen LogP contribution in [0.3, 0.4) is 0 Å². The summed E-state index contributed by atoms with van der Waals surface area (Å²) in [7, 11) is 0. The lowest BCUT2D eigenvalue weighted by Gasteiger charge is -2.26. The predicted molar refractivity (Wildman–Crippen MR) is 71.8 cm³/mol. The molecule has 0 aromatic heterocycles. The summed E-state index contributed by atoms with van der Waals surface area (Å²) in [6.45, 7) is 3.13. The predicted octanol–water partition coefficient (Wildman–Crippen LogP) is 2.77. The van der Waals surface area contributed by atoms with Crippen molar-refractivity contribution < 1.29 is 13.7 Å². The van der Waals surface area contributed by atoms with E-state index in [2.05, 4.69) is 10.2 Å². The van der Waals surface area contributed by atoms with Crippen molar-refractivity contribution in [1.82, 2.24) is 4.90 Å². The van der Waals surface area contributed by atoms with Crippen LogP contribution in [0, 0.1) is 21.7 Å². The molecule has 1 aliphatic heterocycles. The van der Waals surface area contributed by atoms with E-state index >= 15 is 0 Å². The van der Waals surface area contributed by atoms with Gasteiger partial charge in [-0.15, -0.1) is 0 Å². The summed E-state index contributed by atoms with van der Waals surface area (Å²) in [5, 5.41) is 13.2. The van der Waals surface area contributed by atoms with Crippen LogP contribution in [0.25, 0.3) is 0 Å². The van der Waals surface area contributed by atoms with Crippen LogP contribution >= 0.6 is 0 Å². The minimum atomic E-state index is -0.935. The first-order valence-corrected chi connectivity index (χ1v) is 6.67. The van der Waals surface area contributed by atoms with Gasteiger partial charge in [0, 0.05) is 13.1 Å². The molecule has 1 aromatic rings. The Morgan fingerprint density at radius 3 is 2.35 bits per heavy atom. The van der Waals surface area contributed by atoms with Gasteiger partial charge in [0.05, 0.1) is 17.1 Å². The van der Waals surface area contributed by atoms with Crippen molar-refractivity contribution in [2.45, 2.75) is 19.3 Å². The second-order valence-electron chi connectivity index (χ2n) is 4.87. The number of nitrogens with zero attached hydrogens (tertiary/aromatic N) is 2. The van der Waals surface area contributed by atoms with E-state index in [4.69, 9.17) is 0 Å². The summed E-state index contributed by atoms with van der Waals surface area (Å²) in [5.41, 5.74) is -0.880. The zero-order chi connectivity index (χ0) is 14.5. The Kier molecular flexibility index (Phi) is 4.84. The van der Waals surface area contributed by atoms with E-state index in [1.807, 2.05) is 0 Å². The first kappa shape index (κ1) is 14.6. The maximum absolute atomic E-state index is 13.6.